The van der Waals surface area contributed by atoms with Crippen LogP contribution in [0.4, 0.5) is 5.69 Å². The van der Waals surface area contributed by atoms with E-state index < -0.39 is 5.97 Å². The summed E-state index contributed by atoms with van der Waals surface area (Å²) in [6, 6.07) is 4.86. The molecule has 0 radical (unpaired) electrons. The summed E-state index contributed by atoms with van der Waals surface area (Å²) in [5, 5.41) is 9.57. The zero-order chi connectivity index (χ0) is 11.5. The van der Waals surface area contributed by atoms with Crippen molar-refractivity contribution < 1.29 is 9.90 Å². The summed E-state index contributed by atoms with van der Waals surface area (Å²) in [6.07, 6.45) is 3.54. The van der Waals surface area contributed by atoms with E-state index in [1.54, 1.807) is 12.1 Å². The van der Waals surface area contributed by atoms with Crippen LogP contribution in [0.2, 0.25) is 5.02 Å². The molecular weight excluding hydrogens is 226 g/mol. The maximum absolute atomic E-state index is 10.9. The first-order valence-electron chi connectivity index (χ1n) is 5.46. The Balaban J connectivity index is 2.30. The quantitative estimate of drug-likeness (QED) is 0.863. The number of aromatic carboxylic acids is 1. The third-order valence-electron chi connectivity index (χ3n) is 2.89. The van der Waals surface area contributed by atoms with Crippen LogP contribution < -0.4 is 4.90 Å². The van der Waals surface area contributed by atoms with E-state index in [0.717, 1.165) is 31.6 Å². The average molecular weight is 240 g/mol. The second kappa shape index (κ2) is 4.74. The number of rotatable bonds is 2. The number of hydrogen-bond donors (Lipinski definition) is 1. The molecule has 1 N–H and O–H groups in total. The molecule has 0 aromatic heterocycles. The lowest BCUT2D eigenvalue weighted by Gasteiger charge is -2.29. The predicted octanol–water partition coefficient (Wildman–Crippen LogP) is 3.03. The molecular formula is C12H14ClNO2. The fourth-order valence-electron chi connectivity index (χ4n) is 2.02. The first-order chi connectivity index (χ1) is 7.68. The Morgan fingerprint density at radius 1 is 1.25 bits per heavy atom. The topological polar surface area (TPSA) is 40.5 Å². The second-order valence-electron chi connectivity index (χ2n) is 4.02. The van der Waals surface area contributed by atoms with Crippen molar-refractivity contribution >= 4 is 23.3 Å². The van der Waals surface area contributed by atoms with Crippen LogP contribution in [0.15, 0.2) is 18.2 Å². The van der Waals surface area contributed by atoms with Crippen molar-refractivity contribution in [3.05, 3.63) is 28.8 Å². The van der Waals surface area contributed by atoms with Gasteiger partial charge in [0.2, 0.25) is 0 Å². The number of carboxylic acids is 1. The van der Waals surface area contributed by atoms with Crippen LogP contribution >= 0.6 is 11.6 Å². The Morgan fingerprint density at radius 2 is 1.94 bits per heavy atom. The third-order valence-corrected chi connectivity index (χ3v) is 3.21. The van der Waals surface area contributed by atoms with E-state index in [0.29, 0.717) is 10.6 Å². The first kappa shape index (κ1) is 11.3. The van der Waals surface area contributed by atoms with E-state index in [4.69, 9.17) is 16.7 Å². The molecule has 1 aliphatic heterocycles. The number of nitrogens with zero attached hydrogens (tertiary/aromatic N) is 1. The number of carboxylic acid groups (broad SMARTS) is 1. The standard InChI is InChI=1S/C12H14ClNO2/c13-10-5-4-9(12(15)16)8-11(10)14-6-2-1-3-7-14/h4-5,8H,1-3,6-7H2,(H,15,16). The minimum Gasteiger partial charge on any atom is -0.478 e. The summed E-state index contributed by atoms with van der Waals surface area (Å²) in [5.41, 5.74) is 1.14. The third kappa shape index (κ3) is 2.30. The summed E-state index contributed by atoms with van der Waals surface area (Å²) >= 11 is 6.10. The minimum absolute atomic E-state index is 0.296. The van der Waals surface area contributed by atoms with Gasteiger partial charge in [-0.25, -0.2) is 4.79 Å². The molecule has 1 heterocycles. The van der Waals surface area contributed by atoms with Gasteiger partial charge < -0.3 is 10.0 Å². The smallest absolute Gasteiger partial charge is 0.335 e. The van der Waals surface area contributed by atoms with Crippen LogP contribution in [0.1, 0.15) is 29.6 Å². The number of piperidine rings is 1. The monoisotopic (exact) mass is 239 g/mol. The Morgan fingerprint density at radius 3 is 2.56 bits per heavy atom. The molecule has 0 amide bonds. The molecule has 0 saturated carbocycles. The van der Waals surface area contributed by atoms with Gasteiger partial charge >= 0.3 is 5.97 Å². The van der Waals surface area contributed by atoms with Crippen molar-refractivity contribution in [2.75, 3.05) is 18.0 Å². The van der Waals surface area contributed by atoms with Gasteiger partial charge in [0.15, 0.2) is 0 Å². The zero-order valence-corrected chi connectivity index (χ0v) is 9.70. The molecule has 1 saturated heterocycles. The van der Waals surface area contributed by atoms with E-state index >= 15 is 0 Å². The summed E-state index contributed by atoms with van der Waals surface area (Å²) < 4.78 is 0. The summed E-state index contributed by atoms with van der Waals surface area (Å²) in [5.74, 6) is -0.907. The molecule has 1 aromatic carbocycles. The highest BCUT2D eigenvalue weighted by atomic mass is 35.5. The van der Waals surface area contributed by atoms with Crippen LogP contribution in [0, 0.1) is 0 Å². The largest absolute Gasteiger partial charge is 0.478 e. The highest BCUT2D eigenvalue weighted by molar-refractivity contribution is 6.33. The van der Waals surface area contributed by atoms with Crippen molar-refractivity contribution in [2.45, 2.75) is 19.3 Å². The van der Waals surface area contributed by atoms with E-state index in [9.17, 15) is 4.79 Å². The number of halogens is 1. The maximum Gasteiger partial charge on any atom is 0.335 e. The number of hydrogen-bond acceptors (Lipinski definition) is 2. The van der Waals surface area contributed by atoms with Crippen molar-refractivity contribution in [1.29, 1.82) is 0 Å². The lowest BCUT2D eigenvalue weighted by Crippen LogP contribution is -2.29. The Labute approximate surface area is 99.6 Å². The highest BCUT2D eigenvalue weighted by Crippen LogP contribution is 2.29. The number of benzene rings is 1. The van der Waals surface area contributed by atoms with Crippen molar-refractivity contribution in [3.8, 4) is 0 Å². The highest BCUT2D eigenvalue weighted by Gasteiger charge is 2.15. The van der Waals surface area contributed by atoms with E-state index in [1.807, 2.05) is 0 Å². The molecule has 0 atom stereocenters. The summed E-state index contributed by atoms with van der Waals surface area (Å²) in [7, 11) is 0. The van der Waals surface area contributed by atoms with Crippen LogP contribution in [0.3, 0.4) is 0 Å². The molecule has 0 aliphatic carbocycles. The van der Waals surface area contributed by atoms with Crippen LogP contribution in [0.25, 0.3) is 0 Å². The summed E-state index contributed by atoms with van der Waals surface area (Å²) in [6.45, 7) is 1.92. The molecule has 2 rings (SSSR count). The Hall–Kier alpha value is -1.22. The van der Waals surface area contributed by atoms with Gasteiger partial charge in [-0.05, 0) is 37.5 Å². The van der Waals surface area contributed by atoms with Crippen molar-refractivity contribution in [1.82, 2.24) is 0 Å². The SMILES string of the molecule is O=C(O)c1ccc(Cl)c(N2CCCCC2)c1. The lowest BCUT2D eigenvalue weighted by atomic mass is 10.1. The molecule has 0 bridgehead atoms. The van der Waals surface area contributed by atoms with Gasteiger partial charge in [0.05, 0.1) is 16.3 Å². The van der Waals surface area contributed by atoms with Gasteiger partial charge in [0.1, 0.15) is 0 Å². The molecule has 1 aromatic rings. The fourth-order valence-corrected chi connectivity index (χ4v) is 2.26. The van der Waals surface area contributed by atoms with E-state index in [2.05, 4.69) is 4.90 Å². The van der Waals surface area contributed by atoms with Gasteiger partial charge in [-0.15, -0.1) is 0 Å². The zero-order valence-electron chi connectivity index (χ0n) is 8.95. The first-order valence-corrected chi connectivity index (χ1v) is 5.84. The van der Waals surface area contributed by atoms with Crippen LogP contribution in [-0.2, 0) is 0 Å². The molecule has 4 heteroatoms. The van der Waals surface area contributed by atoms with Crippen LogP contribution in [0.5, 0.6) is 0 Å². The second-order valence-corrected chi connectivity index (χ2v) is 4.43. The fraction of sp³-hybridized carbons (Fsp3) is 0.417. The molecule has 16 heavy (non-hydrogen) atoms. The molecule has 3 nitrogen and oxygen atoms in total. The Bertz CT molecular complexity index is 400. The van der Waals surface area contributed by atoms with Gasteiger partial charge in [-0.1, -0.05) is 11.6 Å². The van der Waals surface area contributed by atoms with Gasteiger partial charge in [0.25, 0.3) is 0 Å². The van der Waals surface area contributed by atoms with Gasteiger partial charge in [-0.2, -0.15) is 0 Å². The van der Waals surface area contributed by atoms with Gasteiger partial charge in [0, 0.05) is 13.1 Å². The summed E-state index contributed by atoms with van der Waals surface area (Å²) in [4.78, 5) is 13.1. The molecule has 1 aliphatic rings. The average Bonchev–Trinajstić information content (AvgIpc) is 2.30. The predicted molar refractivity (Wildman–Crippen MR) is 64.5 cm³/mol. The number of anilines is 1. The van der Waals surface area contributed by atoms with Crippen molar-refractivity contribution in [2.24, 2.45) is 0 Å². The molecule has 0 unspecified atom stereocenters. The number of carbonyl (C=O) groups is 1. The lowest BCUT2D eigenvalue weighted by molar-refractivity contribution is 0.0697. The van der Waals surface area contributed by atoms with Crippen LogP contribution in [-0.4, -0.2) is 24.2 Å². The van der Waals surface area contributed by atoms with Crippen molar-refractivity contribution in [3.63, 3.8) is 0 Å². The van der Waals surface area contributed by atoms with E-state index in [1.165, 1.54) is 12.5 Å². The normalized spacial score (nSPS) is 16.2. The minimum atomic E-state index is -0.907. The molecule has 1 fully saturated rings. The molecule has 0 spiro atoms. The van der Waals surface area contributed by atoms with Gasteiger partial charge in [-0.3, -0.25) is 0 Å². The molecule has 86 valence electrons. The Kier molecular flexibility index (Phi) is 3.34. The van der Waals surface area contributed by atoms with E-state index in [-0.39, 0.29) is 0 Å². The maximum atomic E-state index is 10.9.